The van der Waals surface area contributed by atoms with Gasteiger partial charge in [-0.05, 0) is 67.5 Å². The first-order valence-electron chi connectivity index (χ1n) is 16.9. The number of cyclic esters (lactones) is 1. The van der Waals surface area contributed by atoms with Crippen LogP contribution in [0.2, 0.25) is 0 Å². The normalized spacial score (nSPS) is 43.3. The standard InChI is InChI=1S/C34H58N2O10/c1-13-15-36-28-20(5)25(37)18(3)17-33(8,42-12)29(45-31-27(39)23(35(10)11)16-19(4)43-31)21(6)26(38)22(7)30(40)44-24(14-2)34(28,9)46-32(36)41/h18-24,27-29,31,39H,13-17H2,1-12H3/t18-,19-,20+,21+,22-,23+,24?,27-,28-,29-,31+,33-,34-/m1/s1. The molecular weight excluding hydrogens is 596 g/mol. The summed E-state index contributed by atoms with van der Waals surface area (Å²) in [5, 5.41) is 11.3. The number of aliphatic hydroxyl groups is 1. The molecule has 0 bridgehead atoms. The first kappa shape index (κ1) is 38.3. The van der Waals surface area contributed by atoms with Crippen molar-refractivity contribution in [2.24, 2.45) is 23.7 Å². The van der Waals surface area contributed by atoms with Gasteiger partial charge in [0.1, 0.15) is 23.9 Å². The van der Waals surface area contributed by atoms with Gasteiger partial charge in [-0.1, -0.05) is 34.6 Å². The number of ketones is 2. The Hall–Kier alpha value is -2.12. The molecule has 0 aromatic carbocycles. The minimum atomic E-state index is -1.33. The summed E-state index contributed by atoms with van der Waals surface area (Å²) in [5.41, 5.74) is -2.55. The molecule has 0 aromatic heterocycles. The van der Waals surface area contributed by atoms with Crippen molar-refractivity contribution in [3.8, 4) is 0 Å². The van der Waals surface area contributed by atoms with Crippen LogP contribution in [0.15, 0.2) is 0 Å². The highest BCUT2D eigenvalue weighted by Crippen LogP contribution is 2.43. The van der Waals surface area contributed by atoms with Gasteiger partial charge in [-0.25, -0.2) is 4.79 Å². The molecule has 0 aliphatic carbocycles. The molecule has 3 fully saturated rings. The van der Waals surface area contributed by atoms with E-state index in [9.17, 15) is 24.3 Å². The van der Waals surface area contributed by atoms with Crippen LogP contribution in [-0.4, -0.2) is 120 Å². The summed E-state index contributed by atoms with van der Waals surface area (Å²) >= 11 is 0. The fourth-order valence-electron chi connectivity index (χ4n) is 7.95. The Bertz CT molecular complexity index is 1120. The quantitative estimate of drug-likeness (QED) is 0.318. The molecule has 0 spiro atoms. The Balaban J connectivity index is 2.13. The number of rotatable bonds is 7. The molecule has 3 heterocycles. The molecular formula is C34H58N2O10. The third-order valence-corrected chi connectivity index (χ3v) is 10.6. The lowest BCUT2D eigenvalue weighted by atomic mass is 9.73. The van der Waals surface area contributed by atoms with E-state index in [1.165, 1.54) is 14.0 Å². The topological polar surface area (TPSA) is 141 Å². The molecule has 264 valence electrons. The number of esters is 1. The number of nitrogens with zero attached hydrogens (tertiary/aromatic N) is 2. The average molecular weight is 655 g/mol. The SMILES string of the molecule is CCCN1C(=O)O[C@]2(C)C(CC)OC(=O)[C@H](C)C(=O)[C@H](C)[C@@H](O[C@@H]3O[C@H](C)C[C@H](N(C)C)[C@H]3O)[C@](C)(OC)C[C@@H](C)C(=O)[C@H](C)[C@@H]12. The second kappa shape index (κ2) is 15.0. The summed E-state index contributed by atoms with van der Waals surface area (Å²) in [5.74, 6) is -4.72. The van der Waals surface area contributed by atoms with Gasteiger partial charge in [-0.2, -0.15) is 0 Å². The molecule has 0 aromatic rings. The molecule has 12 heteroatoms. The fraction of sp³-hybridized carbons (Fsp3) is 0.882. The number of ether oxygens (including phenoxy) is 5. The van der Waals surface area contributed by atoms with Gasteiger partial charge in [0.2, 0.25) is 0 Å². The van der Waals surface area contributed by atoms with Crippen LogP contribution in [0.4, 0.5) is 4.79 Å². The molecule has 0 saturated carbocycles. The smallest absolute Gasteiger partial charge is 0.410 e. The van der Waals surface area contributed by atoms with Gasteiger partial charge < -0.3 is 38.6 Å². The van der Waals surface area contributed by atoms with Gasteiger partial charge in [0.15, 0.2) is 17.7 Å². The minimum Gasteiger partial charge on any atom is -0.458 e. The maximum Gasteiger partial charge on any atom is 0.410 e. The highest BCUT2D eigenvalue weighted by atomic mass is 16.7. The summed E-state index contributed by atoms with van der Waals surface area (Å²) in [7, 11) is 5.24. The van der Waals surface area contributed by atoms with Crippen LogP contribution in [0.1, 0.15) is 88.0 Å². The van der Waals surface area contributed by atoms with Crippen LogP contribution < -0.4 is 0 Å². The monoisotopic (exact) mass is 654 g/mol. The summed E-state index contributed by atoms with van der Waals surface area (Å²) in [4.78, 5) is 58.8. The lowest BCUT2D eigenvalue weighted by Crippen LogP contribution is -2.60. The Morgan fingerprint density at radius 3 is 2.17 bits per heavy atom. The van der Waals surface area contributed by atoms with Gasteiger partial charge in [-0.3, -0.25) is 14.4 Å². The van der Waals surface area contributed by atoms with E-state index in [4.69, 9.17) is 23.7 Å². The van der Waals surface area contributed by atoms with Gasteiger partial charge >= 0.3 is 12.1 Å². The Labute approximate surface area is 274 Å². The summed E-state index contributed by atoms with van der Waals surface area (Å²) < 4.78 is 30.7. The van der Waals surface area contributed by atoms with E-state index in [0.29, 0.717) is 25.8 Å². The highest BCUT2D eigenvalue weighted by molar-refractivity contribution is 6.00. The third kappa shape index (κ3) is 7.31. The average Bonchev–Trinajstić information content (AvgIpc) is 3.26. The molecule has 3 rings (SSSR count). The lowest BCUT2D eigenvalue weighted by molar-refractivity contribution is -0.295. The zero-order chi connectivity index (χ0) is 34.9. The highest BCUT2D eigenvalue weighted by Gasteiger charge is 2.60. The summed E-state index contributed by atoms with van der Waals surface area (Å²) in [6.07, 6.45) is -3.16. The van der Waals surface area contributed by atoms with E-state index in [1.54, 1.807) is 39.5 Å². The molecule has 13 atom stereocenters. The number of carbonyl (C=O) groups is 4. The van der Waals surface area contributed by atoms with Gasteiger partial charge in [-0.15, -0.1) is 0 Å². The van der Waals surface area contributed by atoms with E-state index in [1.807, 2.05) is 39.8 Å². The van der Waals surface area contributed by atoms with Gasteiger partial charge in [0, 0.05) is 37.5 Å². The van der Waals surface area contributed by atoms with Crippen molar-refractivity contribution in [2.45, 2.75) is 142 Å². The first-order valence-corrected chi connectivity index (χ1v) is 16.9. The van der Waals surface area contributed by atoms with E-state index in [-0.39, 0.29) is 24.3 Å². The molecule has 0 radical (unpaired) electrons. The van der Waals surface area contributed by atoms with Crippen LogP contribution in [0.25, 0.3) is 0 Å². The second-order valence-electron chi connectivity index (χ2n) is 14.4. The number of fused-ring (bicyclic) bond motifs is 1. The van der Waals surface area contributed by atoms with Crippen molar-refractivity contribution in [3.05, 3.63) is 0 Å². The Morgan fingerprint density at radius 1 is 1.00 bits per heavy atom. The van der Waals surface area contributed by atoms with Crippen LogP contribution in [0.3, 0.4) is 0 Å². The fourth-order valence-corrected chi connectivity index (χ4v) is 7.95. The van der Waals surface area contributed by atoms with Crippen LogP contribution in [0.5, 0.6) is 0 Å². The zero-order valence-corrected chi connectivity index (χ0v) is 29.9. The lowest BCUT2D eigenvalue weighted by Gasteiger charge is -2.47. The van der Waals surface area contributed by atoms with Crippen molar-refractivity contribution in [1.82, 2.24) is 9.80 Å². The van der Waals surface area contributed by atoms with Crippen molar-refractivity contribution >= 4 is 23.6 Å². The second-order valence-corrected chi connectivity index (χ2v) is 14.4. The molecule has 3 aliphatic heterocycles. The van der Waals surface area contributed by atoms with Crippen LogP contribution in [-0.2, 0) is 38.1 Å². The third-order valence-electron chi connectivity index (χ3n) is 10.6. The largest absolute Gasteiger partial charge is 0.458 e. The molecule has 3 aliphatic rings. The summed E-state index contributed by atoms with van der Waals surface area (Å²) in [6.45, 7) is 16.2. The number of methoxy groups -OCH3 is 1. The molecule has 1 unspecified atom stereocenters. The van der Waals surface area contributed by atoms with Crippen molar-refractivity contribution < 1.29 is 48.0 Å². The van der Waals surface area contributed by atoms with Gasteiger partial charge in [0.05, 0.1) is 23.9 Å². The number of carbonyl (C=O) groups excluding carboxylic acids is 4. The number of hydrogen-bond donors (Lipinski definition) is 1. The number of Topliss-reactive ketones (excluding diaryl/α,β-unsaturated/α-hetero) is 2. The van der Waals surface area contributed by atoms with E-state index in [2.05, 4.69) is 0 Å². The number of hydrogen-bond acceptors (Lipinski definition) is 11. The Kier molecular flexibility index (Phi) is 12.5. The van der Waals surface area contributed by atoms with Gasteiger partial charge in [0.25, 0.3) is 0 Å². The molecule has 3 saturated heterocycles. The zero-order valence-electron chi connectivity index (χ0n) is 29.9. The van der Waals surface area contributed by atoms with Crippen molar-refractivity contribution in [3.63, 3.8) is 0 Å². The van der Waals surface area contributed by atoms with E-state index < -0.39 is 83.4 Å². The predicted molar refractivity (Wildman–Crippen MR) is 170 cm³/mol. The predicted octanol–water partition coefficient (Wildman–Crippen LogP) is 3.60. The molecule has 1 amide bonds. The number of aliphatic hydroxyl groups excluding tert-OH is 1. The van der Waals surface area contributed by atoms with E-state index in [0.717, 1.165) is 0 Å². The van der Waals surface area contributed by atoms with E-state index >= 15 is 0 Å². The molecule has 46 heavy (non-hydrogen) atoms. The van der Waals surface area contributed by atoms with Crippen molar-refractivity contribution in [1.29, 1.82) is 0 Å². The first-order chi connectivity index (χ1) is 21.4. The maximum atomic E-state index is 14.3. The van der Waals surface area contributed by atoms with Crippen LogP contribution in [0, 0.1) is 23.7 Å². The maximum absolute atomic E-state index is 14.3. The molecule has 12 nitrogen and oxygen atoms in total. The van der Waals surface area contributed by atoms with Crippen molar-refractivity contribution in [2.75, 3.05) is 27.7 Å². The Morgan fingerprint density at radius 2 is 1.63 bits per heavy atom. The summed E-state index contributed by atoms with van der Waals surface area (Å²) in [6, 6.07) is -0.971. The minimum absolute atomic E-state index is 0.126. The molecule has 1 N–H and O–H groups in total. The van der Waals surface area contributed by atoms with Crippen LogP contribution >= 0.6 is 0 Å². The number of likely N-dealkylation sites (N-methyl/N-ethyl adjacent to an activating group) is 1. The number of amides is 1.